The largest absolute Gasteiger partial charge is 0.399 e. The zero-order valence-electron chi connectivity index (χ0n) is 11.3. The molecule has 3 rings (SSSR count). The number of anilines is 1. The second-order valence-electron chi connectivity index (χ2n) is 5.87. The molecule has 104 valence electrons. The van der Waals surface area contributed by atoms with Crippen LogP contribution in [0.25, 0.3) is 0 Å². The molecule has 1 aliphatic heterocycles. The summed E-state index contributed by atoms with van der Waals surface area (Å²) in [6.07, 6.45) is 2.91. The van der Waals surface area contributed by atoms with E-state index >= 15 is 0 Å². The Bertz CT molecular complexity index is 437. The van der Waals surface area contributed by atoms with E-state index in [4.69, 9.17) is 5.73 Å². The first-order valence-corrected chi connectivity index (χ1v) is 7.98. The molecule has 1 heterocycles. The molecule has 0 atom stereocenters. The van der Waals surface area contributed by atoms with E-state index in [2.05, 4.69) is 31.8 Å². The van der Waals surface area contributed by atoms with E-state index in [1.54, 1.807) is 0 Å². The fourth-order valence-corrected chi connectivity index (χ4v) is 3.12. The summed E-state index contributed by atoms with van der Waals surface area (Å²) >= 11 is 3.62. The average Bonchev–Trinajstić information content (AvgIpc) is 3.20. The summed E-state index contributed by atoms with van der Waals surface area (Å²) < 4.78 is 1.17. The smallest absolute Gasteiger partial charge is 0.0318 e. The van der Waals surface area contributed by atoms with Crippen molar-refractivity contribution in [1.82, 2.24) is 9.80 Å². The summed E-state index contributed by atoms with van der Waals surface area (Å²) in [6, 6.07) is 6.08. The van der Waals surface area contributed by atoms with Gasteiger partial charge < -0.3 is 10.6 Å². The Morgan fingerprint density at radius 3 is 2.47 bits per heavy atom. The van der Waals surface area contributed by atoms with Gasteiger partial charge in [0.2, 0.25) is 0 Å². The molecule has 19 heavy (non-hydrogen) atoms. The Balaban J connectivity index is 1.52. The molecule has 0 bridgehead atoms. The van der Waals surface area contributed by atoms with Crippen molar-refractivity contribution < 1.29 is 0 Å². The predicted octanol–water partition coefficient (Wildman–Crippen LogP) is 2.56. The van der Waals surface area contributed by atoms with Crippen molar-refractivity contribution in [2.75, 3.05) is 38.5 Å². The SMILES string of the molecule is Nc1ccc(Br)c(CN2CCN(CC3CC3)CC2)c1. The summed E-state index contributed by atoms with van der Waals surface area (Å²) in [5.41, 5.74) is 8.02. The monoisotopic (exact) mass is 323 g/mol. The molecule has 0 aromatic heterocycles. The molecule has 1 aromatic carbocycles. The van der Waals surface area contributed by atoms with Gasteiger partial charge in [0.15, 0.2) is 0 Å². The van der Waals surface area contributed by atoms with E-state index in [9.17, 15) is 0 Å². The Labute approximate surface area is 123 Å². The lowest BCUT2D eigenvalue weighted by atomic mass is 10.1. The highest BCUT2D eigenvalue weighted by atomic mass is 79.9. The van der Waals surface area contributed by atoms with Crippen LogP contribution in [-0.2, 0) is 6.54 Å². The molecular weight excluding hydrogens is 302 g/mol. The van der Waals surface area contributed by atoms with E-state index in [1.165, 1.54) is 55.6 Å². The molecule has 1 saturated heterocycles. The molecule has 1 aromatic rings. The highest BCUT2D eigenvalue weighted by Gasteiger charge is 2.26. The van der Waals surface area contributed by atoms with Crippen LogP contribution in [0.1, 0.15) is 18.4 Å². The normalized spacial score (nSPS) is 21.7. The van der Waals surface area contributed by atoms with Crippen LogP contribution in [0.3, 0.4) is 0 Å². The molecule has 1 saturated carbocycles. The number of benzene rings is 1. The summed E-state index contributed by atoms with van der Waals surface area (Å²) in [5.74, 6) is 1.01. The van der Waals surface area contributed by atoms with Crippen LogP contribution in [0.5, 0.6) is 0 Å². The lowest BCUT2D eigenvalue weighted by Crippen LogP contribution is -2.46. The molecule has 1 aliphatic carbocycles. The molecule has 3 nitrogen and oxygen atoms in total. The van der Waals surface area contributed by atoms with E-state index < -0.39 is 0 Å². The number of piperazine rings is 1. The van der Waals surface area contributed by atoms with Gasteiger partial charge in [0.05, 0.1) is 0 Å². The maximum Gasteiger partial charge on any atom is 0.0318 e. The van der Waals surface area contributed by atoms with Gasteiger partial charge in [-0.25, -0.2) is 0 Å². The number of nitrogens with two attached hydrogens (primary N) is 1. The van der Waals surface area contributed by atoms with Crippen LogP contribution in [0.15, 0.2) is 22.7 Å². The van der Waals surface area contributed by atoms with Crippen LogP contribution in [0.4, 0.5) is 5.69 Å². The third kappa shape index (κ3) is 3.71. The third-order valence-electron chi connectivity index (χ3n) is 4.14. The number of rotatable bonds is 4. The van der Waals surface area contributed by atoms with Gasteiger partial charge in [-0.15, -0.1) is 0 Å². The van der Waals surface area contributed by atoms with Crippen molar-refractivity contribution in [3.05, 3.63) is 28.2 Å². The minimum absolute atomic E-state index is 0.852. The Morgan fingerprint density at radius 2 is 1.79 bits per heavy atom. The van der Waals surface area contributed by atoms with Gasteiger partial charge in [0.1, 0.15) is 0 Å². The quantitative estimate of drug-likeness (QED) is 0.864. The first-order chi connectivity index (χ1) is 9.20. The Morgan fingerprint density at radius 1 is 1.11 bits per heavy atom. The van der Waals surface area contributed by atoms with Crippen LogP contribution in [0.2, 0.25) is 0 Å². The molecule has 0 radical (unpaired) electrons. The molecule has 2 N–H and O–H groups in total. The second kappa shape index (κ2) is 5.81. The van der Waals surface area contributed by atoms with Crippen LogP contribution in [-0.4, -0.2) is 42.5 Å². The van der Waals surface area contributed by atoms with Gasteiger partial charge in [-0.3, -0.25) is 4.90 Å². The molecule has 0 spiro atoms. The van der Waals surface area contributed by atoms with Gasteiger partial charge in [-0.1, -0.05) is 15.9 Å². The van der Waals surface area contributed by atoms with E-state index in [1.807, 2.05) is 12.1 Å². The highest BCUT2D eigenvalue weighted by Crippen LogP contribution is 2.30. The van der Waals surface area contributed by atoms with Crippen LogP contribution >= 0.6 is 15.9 Å². The van der Waals surface area contributed by atoms with Gasteiger partial charge in [-0.05, 0) is 42.5 Å². The maximum atomic E-state index is 5.87. The zero-order chi connectivity index (χ0) is 13.2. The molecule has 4 heteroatoms. The first kappa shape index (κ1) is 13.4. The third-order valence-corrected chi connectivity index (χ3v) is 4.92. The minimum atomic E-state index is 0.852. The molecule has 0 amide bonds. The summed E-state index contributed by atoms with van der Waals surface area (Å²) in [7, 11) is 0. The van der Waals surface area contributed by atoms with E-state index in [0.29, 0.717) is 0 Å². The van der Waals surface area contributed by atoms with Crippen molar-refractivity contribution in [3.63, 3.8) is 0 Å². The summed E-state index contributed by atoms with van der Waals surface area (Å²) in [5, 5.41) is 0. The van der Waals surface area contributed by atoms with Crippen LogP contribution < -0.4 is 5.73 Å². The molecule has 0 unspecified atom stereocenters. The van der Waals surface area contributed by atoms with Crippen molar-refractivity contribution in [1.29, 1.82) is 0 Å². The maximum absolute atomic E-state index is 5.87. The lowest BCUT2D eigenvalue weighted by molar-refractivity contribution is 0.123. The number of nitrogens with zero attached hydrogens (tertiary/aromatic N) is 2. The first-order valence-electron chi connectivity index (χ1n) is 7.19. The Kier molecular flexibility index (Phi) is 4.10. The molecular formula is C15H22BrN3. The predicted molar refractivity (Wildman–Crippen MR) is 83.0 cm³/mol. The van der Waals surface area contributed by atoms with Gasteiger partial charge in [0.25, 0.3) is 0 Å². The number of halogens is 1. The molecule has 2 aliphatic rings. The van der Waals surface area contributed by atoms with Crippen molar-refractivity contribution in [2.45, 2.75) is 19.4 Å². The topological polar surface area (TPSA) is 32.5 Å². The van der Waals surface area contributed by atoms with Gasteiger partial charge in [0, 0.05) is 49.4 Å². The van der Waals surface area contributed by atoms with Crippen molar-refractivity contribution in [2.24, 2.45) is 5.92 Å². The second-order valence-corrected chi connectivity index (χ2v) is 6.73. The van der Waals surface area contributed by atoms with Gasteiger partial charge >= 0.3 is 0 Å². The Hall–Kier alpha value is -0.580. The summed E-state index contributed by atoms with van der Waals surface area (Å²) in [6.45, 7) is 7.12. The zero-order valence-corrected chi connectivity index (χ0v) is 12.9. The fraction of sp³-hybridized carbons (Fsp3) is 0.600. The summed E-state index contributed by atoms with van der Waals surface area (Å²) in [4.78, 5) is 5.16. The average molecular weight is 324 g/mol. The number of hydrogen-bond donors (Lipinski definition) is 1. The van der Waals surface area contributed by atoms with Gasteiger partial charge in [-0.2, -0.15) is 0 Å². The fourth-order valence-electron chi connectivity index (χ4n) is 2.75. The standard InChI is InChI=1S/C15H22BrN3/c16-15-4-3-14(17)9-13(15)11-19-7-5-18(6-8-19)10-12-1-2-12/h3-4,9,12H,1-2,5-8,10-11,17H2. The highest BCUT2D eigenvalue weighted by molar-refractivity contribution is 9.10. The number of nitrogen functional groups attached to an aromatic ring is 1. The van der Waals surface area contributed by atoms with E-state index in [0.717, 1.165) is 18.2 Å². The minimum Gasteiger partial charge on any atom is -0.399 e. The van der Waals surface area contributed by atoms with Crippen molar-refractivity contribution in [3.8, 4) is 0 Å². The van der Waals surface area contributed by atoms with Crippen molar-refractivity contribution >= 4 is 21.6 Å². The van der Waals surface area contributed by atoms with E-state index in [-0.39, 0.29) is 0 Å². The van der Waals surface area contributed by atoms with Crippen LogP contribution in [0, 0.1) is 5.92 Å². The number of hydrogen-bond acceptors (Lipinski definition) is 3. The lowest BCUT2D eigenvalue weighted by Gasteiger charge is -2.35. The molecule has 2 fully saturated rings.